The minimum Gasteiger partial charge on any atom is -0.390 e. The number of aromatic nitrogens is 2. The van der Waals surface area contributed by atoms with Crippen LogP contribution < -0.4 is 0 Å². The lowest BCUT2D eigenvalue weighted by atomic mass is 9.86. The van der Waals surface area contributed by atoms with Crippen molar-refractivity contribution >= 4 is 0 Å². The molecule has 1 aliphatic heterocycles. The SMILES string of the molecule is OCc1c(C2CCCCC2)nc2n1CCCC2. The molecule has 1 aromatic heterocycles. The summed E-state index contributed by atoms with van der Waals surface area (Å²) in [6.07, 6.45) is 10.2. The predicted octanol–water partition coefficient (Wildman–Crippen LogP) is 2.76. The fourth-order valence-electron chi connectivity index (χ4n) is 3.44. The first kappa shape index (κ1) is 11.3. The predicted molar refractivity (Wildman–Crippen MR) is 66.9 cm³/mol. The van der Waals surface area contributed by atoms with Gasteiger partial charge >= 0.3 is 0 Å². The van der Waals surface area contributed by atoms with Crippen molar-refractivity contribution in [2.75, 3.05) is 0 Å². The average Bonchev–Trinajstić information content (AvgIpc) is 2.78. The van der Waals surface area contributed by atoms with Crippen LogP contribution in [0, 0.1) is 0 Å². The normalized spacial score (nSPS) is 21.5. The molecule has 1 aliphatic carbocycles. The zero-order valence-electron chi connectivity index (χ0n) is 10.5. The Morgan fingerprint density at radius 2 is 1.94 bits per heavy atom. The first-order valence-electron chi connectivity index (χ1n) is 7.09. The van der Waals surface area contributed by atoms with Gasteiger partial charge in [0.1, 0.15) is 5.82 Å². The van der Waals surface area contributed by atoms with Gasteiger partial charge in [-0.25, -0.2) is 4.98 Å². The number of hydrogen-bond acceptors (Lipinski definition) is 2. The fourth-order valence-corrected chi connectivity index (χ4v) is 3.44. The van der Waals surface area contributed by atoms with Crippen LogP contribution in [0.4, 0.5) is 0 Å². The van der Waals surface area contributed by atoms with Crippen LogP contribution in [0.3, 0.4) is 0 Å². The van der Waals surface area contributed by atoms with E-state index in [1.54, 1.807) is 0 Å². The van der Waals surface area contributed by atoms with Crippen molar-refractivity contribution in [1.29, 1.82) is 0 Å². The third-order valence-corrected chi connectivity index (χ3v) is 4.36. The molecule has 0 atom stereocenters. The number of aryl methyl sites for hydroxylation is 1. The molecule has 0 amide bonds. The van der Waals surface area contributed by atoms with Crippen LogP contribution in [-0.2, 0) is 19.6 Å². The molecule has 1 aromatic rings. The maximum Gasteiger partial charge on any atom is 0.109 e. The van der Waals surface area contributed by atoms with Gasteiger partial charge in [0, 0.05) is 18.9 Å². The summed E-state index contributed by atoms with van der Waals surface area (Å²) in [6.45, 7) is 1.23. The lowest BCUT2D eigenvalue weighted by Crippen LogP contribution is -2.13. The topological polar surface area (TPSA) is 38.1 Å². The first-order chi connectivity index (χ1) is 8.40. The van der Waals surface area contributed by atoms with E-state index in [4.69, 9.17) is 4.98 Å². The van der Waals surface area contributed by atoms with Gasteiger partial charge in [-0.15, -0.1) is 0 Å². The summed E-state index contributed by atoms with van der Waals surface area (Å²) in [7, 11) is 0. The van der Waals surface area contributed by atoms with E-state index in [0.717, 1.165) is 18.7 Å². The van der Waals surface area contributed by atoms with Crippen molar-refractivity contribution in [3.63, 3.8) is 0 Å². The standard InChI is InChI=1S/C14H22N2O/c17-10-12-14(11-6-2-1-3-7-11)15-13-8-4-5-9-16(12)13/h11,17H,1-10H2. The highest BCUT2D eigenvalue weighted by Gasteiger charge is 2.25. The van der Waals surface area contributed by atoms with E-state index >= 15 is 0 Å². The van der Waals surface area contributed by atoms with Crippen LogP contribution in [0.2, 0.25) is 0 Å². The van der Waals surface area contributed by atoms with Gasteiger partial charge in [0.2, 0.25) is 0 Å². The molecular formula is C14H22N2O. The highest BCUT2D eigenvalue weighted by molar-refractivity contribution is 5.22. The molecule has 2 aliphatic rings. The molecular weight excluding hydrogens is 212 g/mol. The van der Waals surface area contributed by atoms with Crippen LogP contribution in [0.15, 0.2) is 0 Å². The van der Waals surface area contributed by atoms with Gasteiger partial charge in [-0.05, 0) is 25.7 Å². The third-order valence-electron chi connectivity index (χ3n) is 4.36. The van der Waals surface area contributed by atoms with Gasteiger partial charge in [0.15, 0.2) is 0 Å². The molecule has 0 spiro atoms. The van der Waals surface area contributed by atoms with Crippen LogP contribution in [0.25, 0.3) is 0 Å². The fraction of sp³-hybridized carbons (Fsp3) is 0.786. The second-order valence-electron chi connectivity index (χ2n) is 5.46. The molecule has 0 saturated heterocycles. The largest absolute Gasteiger partial charge is 0.390 e. The Hall–Kier alpha value is -0.830. The summed E-state index contributed by atoms with van der Waals surface area (Å²) in [5.74, 6) is 1.84. The number of aliphatic hydroxyl groups is 1. The summed E-state index contributed by atoms with van der Waals surface area (Å²) in [4.78, 5) is 4.85. The van der Waals surface area contributed by atoms with Gasteiger partial charge in [-0.2, -0.15) is 0 Å². The Kier molecular flexibility index (Phi) is 3.19. The van der Waals surface area contributed by atoms with E-state index < -0.39 is 0 Å². The number of nitrogens with zero attached hydrogens (tertiary/aromatic N) is 2. The molecule has 0 radical (unpaired) electrons. The molecule has 1 N–H and O–H groups in total. The van der Waals surface area contributed by atoms with Gasteiger partial charge in [0.05, 0.1) is 18.0 Å². The number of fused-ring (bicyclic) bond motifs is 1. The van der Waals surface area contributed by atoms with E-state index in [1.807, 2.05) is 0 Å². The molecule has 0 bridgehead atoms. The molecule has 2 heterocycles. The van der Waals surface area contributed by atoms with E-state index in [1.165, 1.54) is 56.5 Å². The Balaban J connectivity index is 1.94. The Morgan fingerprint density at radius 3 is 2.71 bits per heavy atom. The molecule has 0 unspecified atom stereocenters. The van der Waals surface area contributed by atoms with Crippen molar-refractivity contribution in [2.24, 2.45) is 0 Å². The lowest BCUT2D eigenvalue weighted by Gasteiger charge is -2.21. The van der Waals surface area contributed by atoms with Crippen LogP contribution >= 0.6 is 0 Å². The van der Waals surface area contributed by atoms with Crippen molar-refractivity contribution < 1.29 is 5.11 Å². The highest BCUT2D eigenvalue weighted by atomic mass is 16.3. The summed E-state index contributed by atoms with van der Waals surface area (Å²) in [5, 5.41) is 9.63. The van der Waals surface area contributed by atoms with Crippen molar-refractivity contribution in [1.82, 2.24) is 9.55 Å². The van der Waals surface area contributed by atoms with E-state index in [2.05, 4.69) is 4.57 Å². The molecule has 3 nitrogen and oxygen atoms in total. The minimum atomic E-state index is 0.166. The van der Waals surface area contributed by atoms with Crippen molar-refractivity contribution in [3.8, 4) is 0 Å². The second kappa shape index (κ2) is 4.81. The molecule has 1 saturated carbocycles. The Morgan fingerprint density at radius 1 is 1.12 bits per heavy atom. The first-order valence-corrected chi connectivity index (χ1v) is 7.09. The van der Waals surface area contributed by atoms with Gasteiger partial charge < -0.3 is 9.67 Å². The summed E-state index contributed by atoms with van der Waals surface area (Å²) in [6, 6.07) is 0. The second-order valence-corrected chi connectivity index (χ2v) is 5.46. The maximum atomic E-state index is 9.63. The van der Waals surface area contributed by atoms with Crippen molar-refractivity contribution in [2.45, 2.75) is 70.4 Å². The molecule has 1 fully saturated rings. The number of imidazole rings is 1. The number of aliphatic hydroxyl groups excluding tert-OH is 1. The number of hydrogen-bond donors (Lipinski definition) is 1. The minimum absolute atomic E-state index is 0.166. The van der Waals surface area contributed by atoms with E-state index in [9.17, 15) is 5.11 Å². The van der Waals surface area contributed by atoms with Crippen LogP contribution in [0.5, 0.6) is 0 Å². The van der Waals surface area contributed by atoms with Gasteiger partial charge in [-0.1, -0.05) is 19.3 Å². The maximum absolute atomic E-state index is 9.63. The zero-order valence-corrected chi connectivity index (χ0v) is 10.5. The van der Waals surface area contributed by atoms with E-state index in [-0.39, 0.29) is 6.61 Å². The van der Waals surface area contributed by atoms with Crippen LogP contribution in [-0.4, -0.2) is 14.7 Å². The Labute approximate surface area is 103 Å². The summed E-state index contributed by atoms with van der Waals surface area (Å²) >= 11 is 0. The van der Waals surface area contributed by atoms with Gasteiger partial charge in [0.25, 0.3) is 0 Å². The quantitative estimate of drug-likeness (QED) is 0.854. The third kappa shape index (κ3) is 2.01. The average molecular weight is 234 g/mol. The van der Waals surface area contributed by atoms with Crippen molar-refractivity contribution in [3.05, 3.63) is 17.2 Å². The number of rotatable bonds is 2. The lowest BCUT2D eigenvalue weighted by molar-refractivity contribution is 0.264. The zero-order chi connectivity index (χ0) is 11.7. The smallest absolute Gasteiger partial charge is 0.109 e. The Bertz CT molecular complexity index is 391. The molecule has 94 valence electrons. The summed E-state index contributed by atoms with van der Waals surface area (Å²) < 4.78 is 2.29. The van der Waals surface area contributed by atoms with Crippen LogP contribution in [0.1, 0.15) is 68.1 Å². The summed E-state index contributed by atoms with van der Waals surface area (Å²) in [5.41, 5.74) is 2.34. The molecule has 17 heavy (non-hydrogen) atoms. The molecule has 3 heteroatoms. The van der Waals surface area contributed by atoms with Gasteiger partial charge in [-0.3, -0.25) is 0 Å². The molecule has 0 aromatic carbocycles. The van der Waals surface area contributed by atoms with E-state index in [0.29, 0.717) is 5.92 Å². The highest BCUT2D eigenvalue weighted by Crippen LogP contribution is 2.35. The molecule has 3 rings (SSSR count). The monoisotopic (exact) mass is 234 g/mol.